The molecule has 0 N–H and O–H groups in total. The molecule has 4 rings (SSSR count). The second-order valence-corrected chi connectivity index (χ2v) is 11.1. The van der Waals surface area contributed by atoms with Crippen LogP contribution >= 0.6 is 11.6 Å². The molecule has 6 nitrogen and oxygen atoms in total. The lowest BCUT2D eigenvalue weighted by Gasteiger charge is -2.36. The van der Waals surface area contributed by atoms with Crippen LogP contribution in [0, 0.1) is 18.3 Å². The molecular weight excluding hydrogens is 482 g/mol. The van der Waals surface area contributed by atoms with Crippen molar-refractivity contribution in [2.24, 2.45) is 0 Å². The lowest BCUT2D eigenvalue weighted by Crippen LogP contribution is -2.49. The van der Waals surface area contributed by atoms with Gasteiger partial charge >= 0.3 is 0 Å². The topological polar surface area (TPSA) is 73.6 Å². The molecule has 0 radical (unpaired) electrons. The van der Waals surface area contributed by atoms with E-state index in [1.165, 1.54) is 22.0 Å². The number of ether oxygens (including phenoxy) is 1. The van der Waals surface area contributed by atoms with E-state index in [0.717, 1.165) is 11.1 Å². The van der Waals surface area contributed by atoms with Crippen LogP contribution in [0.1, 0.15) is 28.4 Å². The molecule has 1 atom stereocenters. The van der Waals surface area contributed by atoms with Crippen LogP contribution < -0.4 is 0 Å². The molecule has 1 heterocycles. The lowest BCUT2D eigenvalue weighted by molar-refractivity contribution is 0.00771. The summed E-state index contributed by atoms with van der Waals surface area (Å²) in [5.74, 6) is 0. The van der Waals surface area contributed by atoms with Gasteiger partial charge in [0.25, 0.3) is 0 Å². The molecule has 1 saturated heterocycles. The summed E-state index contributed by atoms with van der Waals surface area (Å²) in [6.07, 6.45) is -0.178. The quantitative estimate of drug-likeness (QED) is 0.436. The third-order valence-electron chi connectivity index (χ3n) is 6.13. The van der Waals surface area contributed by atoms with Gasteiger partial charge in [0.2, 0.25) is 10.0 Å². The van der Waals surface area contributed by atoms with Crippen molar-refractivity contribution < 1.29 is 13.2 Å². The van der Waals surface area contributed by atoms with Gasteiger partial charge in [-0.3, -0.25) is 4.90 Å². The summed E-state index contributed by atoms with van der Waals surface area (Å²) in [4.78, 5) is 2.39. The fraction of sp³-hybridized carbons (Fsp3) is 0.296. The Morgan fingerprint density at radius 1 is 1.00 bits per heavy atom. The number of rotatable bonds is 8. The third-order valence-corrected chi connectivity index (χ3v) is 8.28. The second kappa shape index (κ2) is 11.3. The van der Waals surface area contributed by atoms with Crippen molar-refractivity contribution in [1.82, 2.24) is 9.21 Å². The Hall–Kier alpha value is -2.73. The van der Waals surface area contributed by atoms with Gasteiger partial charge in [0.05, 0.1) is 29.2 Å². The van der Waals surface area contributed by atoms with Crippen molar-refractivity contribution in [3.05, 3.63) is 100 Å². The molecule has 1 aliphatic rings. The maximum atomic E-state index is 13.1. The van der Waals surface area contributed by atoms with E-state index in [4.69, 9.17) is 21.6 Å². The molecule has 0 aromatic heterocycles. The molecule has 0 saturated carbocycles. The van der Waals surface area contributed by atoms with Gasteiger partial charge in [0.1, 0.15) is 0 Å². The van der Waals surface area contributed by atoms with E-state index >= 15 is 0 Å². The molecule has 1 fully saturated rings. The normalized spacial score (nSPS) is 16.0. The first kappa shape index (κ1) is 25.4. The predicted octanol–water partition coefficient (Wildman–Crippen LogP) is 4.78. The summed E-state index contributed by atoms with van der Waals surface area (Å²) in [7, 11) is -3.64. The molecule has 0 aliphatic carbocycles. The van der Waals surface area contributed by atoms with Gasteiger partial charge in [-0.05, 0) is 48.4 Å². The Morgan fingerprint density at radius 2 is 1.71 bits per heavy atom. The Kier molecular flexibility index (Phi) is 8.22. The number of sulfonamides is 1. The van der Waals surface area contributed by atoms with Gasteiger partial charge in [-0.1, -0.05) is 59.6 Å². The van der Waals surface area contributed by atoms with Crippen molar-refractivity contribution in [1.29, 1.82) is 5.26 Å². The van der Waals surface area contributed by atoms with Gasteiger partial charge in [-0.25, -0.2) is 8.42 Å². The Morgan fingerprint density at radius 3 is 2.40 bits per heavy atom. The van der Waals surface area contributed by atoms with Crippen LogP contribution in [-0.2, 0) is 21.4 Å². The van der Waals surface area contributed by atoms with Crippen LogP contribution in [-0.4, -0.2) is 50.3 Å². The van der Waals surface area contributed by atoms with E-state index in [1.54, 1.807) is 12.1 Å². The minimum atomic E-state index is -3.64. The van der Waals surface area contributed by atoms with E-state index in [2.05, 4.69) is 30.0 Å². The van der Waals surface area contributed by atoms with Crippen LogP contribution in [0.25, 0.3) is 0 Å². The summed E-state index contributed by atoms with van der Waals surface area (Å²) in [5, 5.41) is 9.78. The van der Waals surface area contributed by atoms with E-state index in [1.807, 2.05) is 36.4 Å². The Balaban J connectivity index is 1.42. The number of hydrogen-bond acceptors (Lipinski definition) is 5. The monoisotopic (exact) mass is 509 g/mol. The highest BCUT2D eigenvalue weighted by molar-refractivity contribution is 7.89. The number of nitrogens with zero attached hydrogens (tertiary/aromatic N) is 3. The molecule has 1 aliphatic heterocycles. The molecule has 0 spiro atoms. The number of piperazine rings is 1. The van der Waals surface area contributed by atoms with Crippen LogP contribution in [0.3, 0.4) is 0 Å². The zero-order valence-corrected chi connectivity index (χ0v) is 21.2. The van der Waals surface area contributed by atoms with Crippen molar-refractivity contribution in [2.75, 3.05) is 32.7 Å². The highest BCUT2D eigenvalue weighted by Crippen LogP contribution is 2.25. The predicted molar refractivity (Wildman–Crippen MR) is 137 cm³/mol. The van der Waals surface area contributed by atoms with E-state index in [0.29, 0.717) is 49.9 Å². The van der Waals surface area contributed by atoms with Crippen LogP contribution in [0.5, 0.6) is 0 Å². The van der Waals surface area contributed by atoms with Gasteiger partial charge in [-0.15, -0.1) is 0 Å². The maximum absolute atomic E-state index is 13.1. The first-order chi connectivity index (χ1) is 16.8. The fourth-order valence-electron chi connectivity index (χ4n) is 4.19. The van der Waals surface area contributed by atoms with Crippen molar-refractivity contribution in [2.45, 2.75) is 24.5 Å². The van der Waals surface area contributed by atoms with Crippen LogP contribution in [0.2, 0.25) is 5.02 Å². The third kappa shape index (κ3) is 6.49. The maximum Gasteiger partial charge on any atom is 0.243 e. The SMILES string of the molecule is Cc1cccc(CO[C@@H](CN2CCN(S(=O)(=O)c3cccc(C#N)c3)CC2)c2ccc(Cl)cc2)c1. The number of hydrogen-bond donors (Lipinski definition) is 0. The van der Waals surface area contributed by atoms with Gasteiger partial charge < -0.3 is 4.74 Å². The number of benzene rings is 3. The van der Waals surface area contributed by atoms with Crippen LogP contribution in [0.4, 0.5) is 0 Å². The summed E-state index contributed by atoms with van der Waals surface area (Å²) in [6, 6.07) is 24.1. The minimum absolute atomic E-state index is 0.158. The second-order valence-electron chi connectivity index (χ2n) is 8.68. The molecule has 8 heteroatoms. The first-order valence-electron chi connectivity index (χ1n) is 11.5. The zero-order valence-electron chi connectivity index (χ0n) is 19.6. The number of nitriles is 1. The molecule has 0 bridgehead atoms. The van der Waals surface area contributed by atoms with Gasteiger partial charge in [0, 0.05) is 37.7 Å². The number of aryl methyl sites for hydroxylation is 1. The summed E-state index contributed by atoms with van der Waals surface area (Å²) < 4.78 is 34.0. The van der Waals surface area contributed by atoms with Crippen molar-refractivity contribution >= 4 is 21.6 Å². The Labute approximate surface area is 212 Å². The number of halogens is 1. The average molecular weight is 510 g/mol. The van der Waals surface area contributed by atoms with E-state index in [9.17, 15) is 8.42 Å². The Bertz CT molecular complexity index is 1300. The standard InChI is InChI=1S/C27H28ClN3O3S/c1-21-4-2-6-23(16-21)20-34-27(24-8-10-25(28)11-9-24)19-30-12-14-31(15-13-30)35(32,33)26-7-3-5-22(17-26)18-29/h2-11,16-17,27H,12-15,19-20H2,1H3/t27-/m0/s1. The van der Waals surface area contributed by atoms with Gasteiger partial charge in [0.15, 0.2) is 0 Å². The molecule has 3 aromatic carbocycles. The molecule has 182 valence electrons. The smallest absolute Gasteiger partial charge is 0.243 e. The van der Waals surface area contributed by atoms with Crippen molar-refractivity contribution in [3.8, 4) is 6.07 Å². The average Bonchev–Trinajstić information content (AvgIpc) is 2.87. The highest BCUT2D eigenvalue weighted by Gasteiger charge is 2.30. The first-order valence-corrected chi connectivity index (χ1v) is 13.3. The summed E-state index contributed by atoms with van der Waals surface area (Å²) >= 11 is 6.10. The molecule has 3 aromatic rings. The molecular formula is C27H28ClN3O3S. The fourth-order valence-corrected chi connectivity index (χ4v) is 5.79. The minimum Gasteiger partial charge on any atom is -0.368 e. The molecule has 0 amide bonds. The van der Waals surface area contributed by atoms with Crippen LogP contribution in [0.15, 0.2) is 77.7 Å². The highest BCUT2D eigenvalue weighted by atomic mass is 35.5. The lowest BCUT2D eigenvalue weighted by atomic mass is 10.1. The van der Waals surface area contributed by atoms with Gasteiger partial charge in [-0.2, -0.15) is 9.57 Å². The molecule has 35 heavy (non-hydrogen) atoms. The summed E-state index contributed by atoms with van der Waals surface area (Å²) in [6.45, 7) is 5.13. The zero-order chi connectivity index (χ0) is 24.8. The largest absolute Gasteiger partial charge is 0.368 e. The van der Waals surface area contributed by atoms with E-state index < -0.39 is 10.0 Å². The van der Waals surface area contributed by atoms with Crippen molar-refractivity contribution in [3.63, 3.8) is 0 Å². The molecule has 0 unspecified atom stereocenters. The summed E-state index contributed by atoms with van der Waals surface area (Å²) in [5.41, 5.74) is 3.66. The van der Waals surface area contributed by atoms with E-state index in [-0.39, 0.29) is 11.0 Å².